The maximum Gasteiger partial charge on any atom is 0.331 e. The van der Waals surface area contributed by atoms with Gasteiger partial charge in [0.15, 0.2) is 11.7 Å². The highest BCUT2D eigenvalue weighted by Gasteiger charge is 2.61. The fraction of sp³-hybridized carbons (Fsp3) is 0.323. The summed E-state index contributed by atoms with van der Waals surface area (Å²) in [5, 5.41) is 10.7. The zero-order valence-electron chi connectivity index (χ0n) is 21.1. The summed E-state index contributed by atoms with van der Waals surface area (Å²) < 4.78 is 31.0. The first-order valence-corrected chi connectivity index (χ1v) is 12.8. The van der Waals surface area contributed by atoms with Crippen LogP contribution in [-0.4, -0.2) is 54.3 Å². The van der Waals surface area contributed by atoms with Crippen molar-refractivity contribution in [3.8, 4) is 0 Å². The second kappa shape index (κ2) is 12.5. The molecule has 0 saturated carbocycles. The molecule has 0 spiro atoms. The Balaban J connectivity index is 1.41. The predicted octanol–water partition coefficient (Wildman–Crippen LogP) is 3.99. The number of aliphatic hydroxyl groups is 1. The normalized spacial score (nSPS) is 26.5. The fourth-order valence-corrected chi connectivity index (χ4v) is 4.92. The molecule has 0 radical (unpaired) electrons. The summed E-state index contributed by atoms with van der Waals surface area (Å²) in [4.78, 5) is 12.0. The number of esters is 1. The number of hydrogen-bond donors (Lipinski definition) is 1. The van der Waals surface area contributed by atoms with E-state index in [1.165, 1.54) is 6.08 Å². The summed E-state index contributed by atoms with van der Waals surface area (Å²) >= 11 is 0. The summed E-state index contributed by atoms with van der Waals surface area (Å²) in [6, 6.07) is 29.4. The summed E-state index contributed by atoms with van der Waals surface area (Å²) in [7, 11) is 0. The first kappa shape index (κ1) is 26.3. The highest BCUT2D eigenvalue weighted by atomic mass is 16.7. The van der Waals surface area contributed by atoms with E-state index in [1.54, 1.807) is 6.08 Å². The molecule has 3 aromatic carbocycles. The third-order valence-electron chi connectivity index (χ3n) is 6.85. The molecule has 2 aliphatic heterocycles. The van der Waals surface area contributed by atoms with Crippen molar-refractivity contribution in [3.63, 3.8) is 0 Å². The Morgan fingerprint density at radius 2 is 1.32 bits per heavy atom. The number of hydrogen-bond acceptors (Lipinski definition) is 7. The topological polar surface area (TPSA) is 83.5 Å². The van der Waals surface area contributed by atoms with Gasteiger partial charge >= 0.3 is 5.97 Å². The molecular weight excluding hydrogens is 484 g/mol. The maximum atomic E-state index is 12.0. The van der Waals surface area contributed by atoms with Gasteiger partial charge in [0.05, 0.1) is 33.0 Å². The van der Waals surface area contributed by atoms with E-state index in [9.17, 15) is 9.90 Å². The number of aliphatic hydroxyl groups excluding tert-OH is 1. The molecule has 5 atom stereocenters. The van der Waals surface area contributed by atoms with E-state index in [2.05, 4.69) is 0 Å². The van der Waals surface area contributed by atoms with Crippen LogP contribution in [0.25, 0.3) is 0 Å². The molecule has 0 amide bonds. The molecule has 198 valence electrons. The lowest BCUT2D eigenvalue weighted by molar-refractivity contribution is -0.191. The van der Waals surface area contributed by atoms with Gasteiger partial charge in [0.1, 0.15) is 18.3 Å². The lowest BCUT2D eigenvalue weighted by Gasteiger charge is -2.36. The second-order valence-corrected chi connectivity index (χ2v) is 9.47. The summed E-state index contributed by atoms with van der Waals surface area (Å²) in [5.41, 5.74) is 1.63. The van der Waals surface area contributed by atoms with Crippen LogP contribution in [0.2, 0.25) is 0 Å². The quantitative estimate of drug-likeness (QED) is 0.365. The SMILES string of the molecule is O=C1C=C[C@@H]([C@]2(CO)O[C@H](COCc3ccccc3)[C@@H](OCc3ccccc3)[C@@H]2OCc2ccccc2)O1. The molecule has 7 nitrogen and oxygen atoms in total. The zero-order valence-corrected chi connectivity index (χ0v) is 21.1. The molecule has 0 bridgehead atoms. The first-order valence-electron chi connectivity index (χ1n) is 12.8. The fourth-order valence-electron chi connectivity index (χ4n) is 4.92. The average Bonchev–Trinajstić information content (AvgIpc) is 3.54. The molecule has 1 saturated heterocycles. The minimum Gasteiger partial charge on any atom is -0.452 e. The van der Waals surface area contributed by atoms with E-state index in [1.807, 2.05) is 91.0 Å². The van der Waals surface area contributed by atoms with Gasteiger partial charge in [-0.25, -0.2) is 4.79 Å². The van der Waals surface area contributed by atoms with Crippen LogP contribution in [-0.2, 0) is 48.3 Å². The van der Waals surface area contributed by atoms with Gasteiger partial charge in [0, 0.05) is 6.08 Å². The minimum atomic E-state index is -1.36. The Kier molecular flexibility index (Phi) is 8.63. The third kappa shape index (κ3) is 6.04. The lowest BCUT2D eigenvalue weighted by Crippen LogP contribution is -2.56. The average molecular weight is 517 g/mol. The Hall–Kier alpha value is -3.33. The van der Waals surface area contributed by atoms with Crippen LogP contribution in [0.15, 0.2) is 103 Å². The molecule has 2 aliphatic rings. The van der Waals surface area contributed by atoms with Gasteiger partial charge < -0.3 is 28.8 Å². The number of carbonyl (C=O) groups excluding carboxylic acids is 1. The van der Waals surface area contributed by atoms with Gasteiger partial charge in [-0.1, -0.05) is 91.0 Å². The van der Waals surface area contributed by atoms with Crippen LogP contribution in [0.4, 0.5) is 0 Å². The number of rotatable bonds is 12. The number of ether oxygens (including phenoxy) is 5. The first-order chi connectivity index (χ1) is 18.7. The van der Waals surface area contributed by atoms with Crippen molar-refractivity contribution in [2.45, 2.75) is 49.8 Å². The number of carbonyl (C=O) groups is 1. The second-order valence-electron chi connectivity index (χ2n) is 9.47. The highest BCUT2D eigenvalue weighted by Crippen LogP contribution is 2.41. The van der Waals surface area contributed by atoms with Gasteiger partial charge in [-0.05, 0) is 22.8 Å². The van der Waals surface area contributed by atoms with Gasteiger partial charge in [-0.3, -0.25) is 0 Å². The van der Waals surface area contributed by atoms with Crippen LogP contribution < -0.4 is 0 Å². The van der Waals surface area contributed by atoms with Crippen LogP contribution in [0.5, 0.6) is 0 Å². The summed E-state index contributed by atoms with van der Waals surface area (Å²) in [6.07, 6.45) is 0.195. The Bertz CT molecular complexity index is 1180. The Morgan fingerprint density at radius 3 is 1.84 bits per heavy atom. The van der Waals surface area contributed by atoms with Crippen molar-refractivity contribution < 1.29 is 33.6 Å². The molecule has 2 heterocycles. The van der Waals surface area contributed by atoms with E-state index >= 15 is 0 Å². The highest BCUT2D eigenvalue weighted by molar-refractivity contribution is 5.84. The summed E-state index contributed by atoms with van der Waals surface area (Å²) in [5.74, 6) is -0.487. The van der Waals surface area contributed by atoms with Gasteiger partial charge in [-0.15, -0.1) is 0 Å². The van der Waals surface area contributed by atoms with E-state index in [4.69, 9.17) is 23.7 Å². The smallest absolute Gasteiger partial charge is 0.331 e. The van der Waals surface area contributed by atoms with Crippen LogP contribution >= 0.6 is 0 Å². The number of benzene rings is 3. The van der Waals surface area contributed by atoms with Crippen LogP contribution in [0, 0.1) is 0 Å². The van der Waals surface area contributed by atoms with Crippen molar-refractivity contribution in [1.29, 1.82) is 0 Å². The Labute approximate surface area is 222 Å². The molecule has 7 heteroatoms. The molecule has 1 N–H and O–H groups in total. The zero-order chi connectivity index (χ0) is 26.2. The van der Waals surface area contributed by atoms with Gasteiger partial charge in [-0.2, -0.15) is 0 Å². The standard InChI is InChI=1S/C31H32O7/c32-22-31(27-16-17-28(33)37-27)30(36-20-25-14-8-3-9-15-25)29(35-19-24-12-6-2-7-13-24)26(38-31)21-34-18-23-10-4-1-5-11-23/h1-17,26-27,29-30,32H,18-22H2/t26-,27+,29-,30+,31+/m1/s1. The molecule has 0 aromatic heterocycles. The largest absolute Gasteiger partial charge is 0.452 e. The van der Waals surface area contributed by atoms with E-state index in [0.29, 0.717) is 13.2 Å². The molecule has 0 aliphatic carbocycles. The van der Waals surface area contributed by atoms with E-state index in [0.717, 1.165) is 16.7 Å². The predicted molar refractivity (Wildman–Crippen MR) is 140 cm³/mol. The monoisotopic (exact) mass is 516 g/mol. The van der Waals surface area contributed by atoms with Gasteiger partial charge in [0.25, 0.3) is 0 Å². The Morgan fingerprint density at radius 1 is 0.763 bits per heavy atom. The van der Waals surface area contributed by atoms with Crippen LogP contribution in [0.3, 0.4) is 0 Å². The van der Waals surface area contributed by atoms with Crippen molar-refractivity contribution in [2.24, 2.45) is 0 Å². The summed E-state index contributed by atoms with van der Waals surface area (Å²) in [6.45, 7) is 0.744. The van der Waals surface area contributed by atoms with E-state index < -0.39 is 42.6 Å². The molecule has 0 unspecified atom stereocenters. The molecule has 38 heavy (non-hydrogen) atoms. The lowest BCUT2D eigenvalue weighted by atomic mass is 9.89. The van der Waals surface area contributed by atoms with Crippen LogP contribution in [0.1, 0.15) is 16.7 Å². The van der Waals surface area contributed by atoms with Crippen molar-refractivity contribution in [1.82, 2.24) is 0 Å². The third-order valence-corrected chi connectivity index (χ3v) is 6.85. The molecule has 1 fully saturated rings. The number of cyclic esters (lactones) is 1. The molecule has 3 aromatic rings. The van der Waals surface area contributed by atoms with Crippen molar-refractivity contribution >= 4 is 5.97 Å². The molecule has 5 rings (SSSR count). The van der Waals surface area contributed by atoms with Crippen molar-refractivity contribution in [2.75, 3.05) is 13.2 Å². The maximum absolute atomic E-state index is 12.0. The van der Waals surface area contributed by atoms with E-state index in [-0.39, 0.29) is 13.2 Å². The molecular formula is C31H32O7. The van der Waals surface area contributed by atoms with Crippen molar-refractivity contribution in [3.05, 3.63) is 120 Å². The minimum absolute atomic E-state index is 0.200. The van der Waals surface area contributed by atoms with Gasteiger partial charge in [0.2, 0.25) is 0 Å².